The molecular formula is C22H33N9O10. The third-order valence-electron chi connectivity index (χ3n) is 5.06. The molecule has 0 radical (unpaired) electrons. The minimum absolute atomic E-state index is 0.0129. The highest BCUT2D eigenvalue weighted by Gasteiger charge is 2.20. The predicted octanol–water partition coefficient (Wildman–Crippen LogP) is -5.06. The van der Waals surface area contributed by atoms with Gasteiger partial charge in [0.25, 0.3) is 5.91 Å². The lowest BCUT2D eigenvalue weighted by Gasteiger charge is -2.15. The fourth-order valence-corrected chi connectivity index (χ4v) is 2.76. The number of hydrogen-bond donors (Lipinski definition) is 9. The number of nitrogens with zero attached hydrogens (tertiary/aromatic N) is 1. The van der Waals surface area contributed by atoms with E-state index in [1.54, 1.807) is 0 Å². The fourth-order valence-electron chi connectivity index (χ4n) is 2.76. The first kappa shape index (κ1) is 34.0. The molecule has 0 spiro atoms. The maximum Gasteiger partial charge on any atom is 0.325 e. The zero-order valence-corrected chi connectivity index (χ0v) is 22.3. The average molecular weight is 584 g/mol. The highest BCUT2D eigenvalue weighted by Crippen LogP contribution is 2.03. The molecule has 1 rings (SSSR count). The summed E-state index contributed by atoms with van der Waals surface area (Å²) in [6, 6.07) is -1.98. The summed E-state index contributed by atoms with van der Waals surface area (Å²) in [5.74, 6) is -6.01. The molecule has 1 aromatic heterocycles. The molecular weight excluding hydrogens is 550 g/mol. The van der Waals surface area contributed by atoms with Crippen molar-refractivity contribution in [1.82, 2.24) is 37.1 Å². The van der Waals surface area contributed by atoms with Crippen LogP contribution < -0.4 is 43.4 Å². The quantitative estimate of drug-likeness (QED) is 0.0832. The largest absolute Gasteiger partial charge is 0.480 e. The molecule has 7 amide bonds. The first-order valence-corrected chi connectivity index (χ1v) is 12.1. The lowest BCUT2D eigenvalue weighted by molar-refractivity contribution is -0.141. The minimum atomic E-state index is -1.25. The summed E-state index contributed by atoms with van der Waals surface area (Å²) in [5, 5.41) is 25.9. The molecule has 0 aliphatic rings. The molecule has 19 nitrogen and oxygen atoms in total. The van der Waals surface area contributed by atoms with Crippen LogP contribution in [0.4, 0.5) is 0 Å². The van der Waals surface area contributed by atoms with Crippen LogP contribution in [-0.2, 0) is 40.1 Å². The molecule has 0 bridgehead atoms. The molecule has 0 saturated carbocycles. The van der Waals surface area contributed by atoms with Gasteiger partial charge in [0.2, 0.25) is 35.4 Å². The van der Waals surface area contributed by atoms with E-state index in [9.17, 15) is 38.4 Å². The number of nitrogens with two attached hydrogens (primary N) is 2. The monoisotopic (exact) mass is 583 g/mol. The molecule has 0 saturated heterocycles. The Labute approximate surface area is 232 Å². The van der Waals surface area contributed by atoms with E-state index in [2.05, 4.69) is 37.1 Å². The lowest BCUT2D eigenvalue weighted by atomic mass is 10.1. The Morgan fingerprint density at radius 3 is 2.05 bits per heavy atom. The molecule has 3 atom stereocenters. The van der Waals surface area contributed by atoms with Crippen LogP contribution in [0.25, 0.3) is 0 Å². The summed E-state index contributed by atoms with van der Waals surface area (Å²) in [5.41, 5.74) is 10.4. The molecule has 0 aromatic carbocycles. The van der Waals surface area contributed by atoms with Gasteiger partial charge in [-0.05, 0) is 20.3 Å². The van der Waals surface area contributed by atoms with E-state index in [0.717, 1.165) is 0 Å². The van der Waals surface area contributed by atoms with Gasteiger partial charge in [-0.2, -0.15) is 0 Å². The van der Waals surface area contributed by atoms with E-state index in [0.29, 0.717) is 0 Å². The summed E-state index contributed by atoms with van der Waals surface area (Å²) in [6.45, 7) is 0.954. The second kappa shape index (κ2) is 16.8. The molecule has 41 heavy (non-hydrogen) atoms. The summed E-state index contributed by atoms with van der Waals surface area (Å²) in [7, 11) is 0. The number of nitrogens with one attached hydrogen (secondary N) is 6. The SMILES string of the molecule is C[C@H](NC(=O)CNC(=O)CNC(=O)c1cc(CNC(=O)[C@H](C)NC(=O)CNC(=O)[C@@H](N)CCC(N)=O)on1)C(=O)O. The number of carboxylic acid groups (broad SMARTS) is 1. The third-order valence-corrected chi connectivity index (χ3v) is 5.06. The lowest BCUT2D eigenvalue weighted by Crippen LogP contribution is -2.49. The van der Waals surface area contributed by atoms with Gasteiger partial charge in [0.05, 0.1) is 32.2 Å². The Kier molecular flexibility index (Phi) is 13.9. The Hall–Kier alpha value is -5.07. The normalized spacial score (nSPS) is 12.6. The van der Waals surface area contributed by atoms with Gasteiger partial charge in [0.1, 0.15) is 12.1 Å². The van der Waals surface area contributed by atoms with Crippen LogP contribution in [0.2, 0.25) is 0 Å². The van der Waals surface area contributed by atoms with Crippen LogP contribution in [0.15, 0.2) is 10.6 Å². The van der Waals surface area contributed by atoms with Gasteiger partial charge in [0.15, 0.2) is 11.5 Å². The zero-order valence-electron chi connectivity index (χ0n) is 22.3. The van der Waals surface area contributed by atoms with Crippen molar-refractivity contribution in [3.63, 3.8) is 0 Å². The van der Waals surface area contributed by atoms with E-state index in [-0.39, 0.29) is 30.8 Å². The zero-order chi connectivity index (χ0) is 31.1. The molecule has 0 unspecified atom stereocenters. The van der Waals surface area contributed by atoms with Crippen molar-refractivity contribution in [3.05, 3.63) is 17.5 Å². The molecule has 0 aliphatic carbocycles. The second-order valence-corrected chi connectivity index (χ2v) is 8.60. The van der Waals surface area contributed by atoms with Crippen molar-refractivity contribution in [3.8, 4) is 0 Å². The summed E-state index contributed by atoms with van der Waals surface area (Å²) in [4.78, 5) is 93.0. The van der Waals surface area contributed by atoms with Gasteiger partial charge in [-0.3, -0.25) is 38.4 Å². The Morgan fingerprint density at radius 1 is 0.854 bits per heavy atom. The van der Waals surface area contributed by atoms with Crippen LogP contribution in [0.3, 0.4) is 0 Å². The van der Waals surface area contributed by atoms with Gasteiger partial charge < -0.3 is 53.0 Å². The van der Waals surface area contributed by atoms with Gasteiger partial charge in [-0.1, -0.05) is 5.16 Å². The summed E-state index contributed by atoms with van der Waals surface area (Å²) in [6.07, 6.45) is -0.0783. The predicted molar refractivity (Wildman–Crippen MR) is 136 cm³/mol. The second-order valence-electron chi connectivity index (χ2n) is 8.60. The maximum atomic E-state index is 12.2. The highest BCUT2D eigenvalue weighted by molar-refractivity contribution is 5.95. The number of hydrogen-bond acceptors (Lipinski definition) is 11. The van der Waals surface area contributed by atoms with Crippen LogP contribution >= 0.6 is 0 Å². The third kappa shape index (κ3) is 13.5. The van der Waals surface area contributed by atoms with Crippen molar-refractivity contribution in [2.24, 2.45) is 11.5 Å². The van der Waals surface area contributed by atoms with E-state index >= 15 is 0 Å². The number of aromatic nitrogens is 1. The van der Waals surface area contributed by atoms with E-state index < -0.39 is 85.1 Å². The molecule has 0 aliphatic heterocycles. The first-order chi connectivity index (χ1) is 19.2. The van der Waals surface area contributed by atoms with Gasteiger partial charge >= 0.3 is 5.97 Å². The smallest absolute Gasteiger partial charge is 0.325 e. The van der Waals surface area contributed by atoms with Crippen LogP contribution in [0.5, 0.6) is 0 Å². The molecule has 11 N–H and O–H groups in total. The number of amides is 7. The van der Waals surface area contributed by atoms with Crippen molar-refractivity contribution >= 4 is 47.3 Å². The van der Waals surface area contributed by atoms with E-state index in [4.69, 9.17) is 21.1 Å². The summed E-state index contributed by atoms with van der Waals surface area (Å²) < 4.78 is 4.96. The van der Waals surface area contributed by atoms with E-state index in [1.165, 1.54) is 19.9 Å². The van der Waals surface area contributed by atoms with E-state index in [1.807, 2.05) is 0 Å². The molecule has 19 heteroatoms. The molecule has 1 heterocycles. The van der Waals surface area contributed by atoms with Crippen molar-refractivity contribution in [1.29, 1.82) is 0 Å². The van der Waals surface area contributed by atoms with Crippen LogP contribution in [-0.4, -0.2) is 95.3 Å². The van der Waals surface area contributed by atoms with Gasteiger partial charge in [0, 0.05) is 12.5 Å². The number of carboxylic acids is 1. The summed E-state index contributed by atoms with van der Waals surface area (Å²) >= 11 is 0. The average Bonchev–Trinajstić information content (AvgIpc) is 3.39. The Bertz CT molecular complexity index is 1150. The molecule has 226 valence electrons. The van der Waals surface area contributed by atoms with Gasteiger partial charge in [-0.15, -0.1) is 0 Å². The van der Waals surface area contributed by atoms with Crippen molar-refractivity contribution in [2.45, 2.75) is 51.4 Å². The maximum absolute atomic E-state index is 12.2. The van der Waals surface area contributed by atoms with Crippen molar-refractivity contribution < 1.29 is 48.0 Å². The number of carbonyl (C=O) groups excluding carboxylic acids is 7. The number of primary amides is 1. The molecule has 0 fully saturated rings. The Balaban J connectivity index is 2.37. The van der Waals surface area contributed by atoms with Crippen molar-refractivity contribution in [2.75, 3.05) is 19.6 Å². The standard InChI is InChI=1S/C22H33N9O10/c1-10(29-18(35)9-27-20(37)13(23)3-4-15(24)32)19(36)26-6-12-5-14(31-41-12)21(38)28-7-16(33)25-8-17(34)30-11(2)22(39)40/h5,10-11,13H,3-4,6-9,23H2,1-2H3,(H2,24,32)(H,25,33)(H,26,36)(H,27,37)(H,28,38)(H,29,35)(H,30,34)(H,39,40)/t10-,11-,13-/m0/s1. The highest BCUT2D eigenvalue weighted by atomic mass is 16.5. The number of carbonyl (C=O) groups is 8. The van der Waals surface area contributed by atoms with Gasteiger partial charge in [-0.25, -0.2) is 0 Å². The number of aliphatic carboxylic acids is 1. The minimum Gasteiger partial charge on any atom is -0.480 e. The first-order valence-electron chi connectivity index (χ1n) is 12.1. The van der Waals surface area contributed by atoms with Crippen LogP contribution in [0.1, 0.15) is 42.9 Å². The van der Waals surface area contributed by atoms with Crippen LogP contribution in [0, 0.1) is 0 Å². The fraction of sp³-hybridized carbons (Fsp3) is 0.500. The molecule has 1 aromatic rings. The Morgan fingerprint density at radius 2 is 1.44 bits per heavy atom. The topological polar surface area (TPSA) is 307 Å². The number of rotatable bonds is 17.